The summed E-state index contributed by atoms with van der Waals surface area (Å²) in [6, 6.07) is 1.53. The van der Waals surface area contributed by atoms with E-state index in [2.05, 4.69) is 25.3 Å². The van der Waals surface area contributed by atoms with Gasteiger partial charge in [-0.05, 0) is 25.8 Å². The van der Waals surface area contributed by atoms with Crippen LogP contribution in [0.15, 0.2) is 24.7 Å². The van der Waals surface area contributed by atoms with E-state index < -0.39 is 0 Å². The number of aromatic nitrogens is 4. The van der Waals surface area contributed by atoms with Gasteiger partial charge in [-0.2, -0.15) is 0 Å². The van der Waals surface area contributed by atoms with Gasteiger partial charge in [0.25, 0.3) is 5.91 Å². The Morgan fingerprint density at radius 2 is 2.16 bits per heavy atom. The van der Waals surface area contributed by atoms with Crippen molar-refractivity contribution in [1.82, 2.24) is 30.2 Å². The summed E-state index contributed by atoms with van der Waals surface area (Å²) >= 11 is 0. The van der Waals surface area contributed by atoms with Crippen molar-refractivity contribution < 1.29 is 9.59 Å². The zero-order valence-corrected chi connectivity index (χ0v) is 14.3. The number of carbonyl (C=O) groups excluding carboxylic acids is 2. The third-order valence-corrected chi connectivity index (χ3v) is 4.14. The van der Waals surface area contributed by atoms with E-state index in [0.29, 0.717) is 17.2 Å². The smallest absolute Gasteiger partial charge is 0.270 e. The van der Waals surface area contributed by atoms with Crippen LogP contribution >= 0.6 is 0 Å². The maximum absolute atomic E-state index is 12.2. The van der Waals surface area contributed by atoms with E-state index in [9.17, 15) is 9.59 Å². The molecule has 0 saturated carbocycles. The first-order valence-corrected chi connectivity index (χ1v) is 8.20. The Balaban J connectivity index is 1.68. The van der Waals surface area contributed by atoms with E-state index in [0.717, 1.165) is 25.1 Å². The van der Waals surface area contributed by atoms with Gasteiger partial charge in [0.05, 0.1) is 36.4 Å². The lowest BCUT2D eigenvalue weighted by Crippen LogP contribution is -2.29. The molecule has 3 rings (SSSR count). The molecular weight excluding hydrogens is 320 g/mol. The summed E-state index contributed by atoms with van der Waals surface area (Å²) in [6.07, 6.45) is 6.69. The Kier molecular flexibility index (Phi) is 4.97. The third kappa shape index (κ3) is 3.96. The molecule has 2 aromatic rings. The molecule has 0 spiro atoms. The van der Waals surface area contributed by atoms with Crippen molar-refractivity contribution >= 4 is 11.8 Å². The fraction of sp³-hybridized carbons (Fsp3) is 0.412. The van der Waals surface area contributed by atoms with E-state index in [4.69, 9.17) is 0 Å². The quantitative estimate of drug-likeness (QED) is 0.897. The summed E-state index contributed by atoms with van der Waals surface area (Å²) < 4.78 is 0. The molecule has 0 bridgehead atoms. The van der Waals surface area contributed by atoms with Crippen LogP contribution in [0.5, 0.6) is 0 Å². The number of aryl methyl sites for hydroxylation is 1. The van der Waals surface area contributed by atoms with Gasteiger partial charge in [-0.25, -0.2) is 9.97 Å². The molecule has 8 heteroatoms. The number of amides is 2. The molecule has 2 aromatic heterocycles. The molecule has 1 aliphatic heterocycles. The Morgan fingerprint density at radius 3 is 2.92 bits per heavy atom. The Labute approximate surface area is 145 Å². The van der Waals surface area contributed by atoms with Gasteiger partial charge >= 0.3 is 0 Å². The van der Waals surface area contributed by atoms with Crippen LogP contribution in [0.1, 0.15) is 53.5 Å². The van der Waals surface area contributed by atoms with Crippen LogP contribution in [-0.4, -0.2) is 43.2 Å². The number of likely N-dealkylation sites (tertiary alicyclic amines) is 1. The summed E-state index contributed by atoms with van der Waals surface area (Å²) in [6.45, 7) is 4.29. The van der Waals surface area contributed by atoms with Crippen LogP contribution in [0.25, 0.3) is 0 Å². The summed E-state index contributed by atoms with van der Waals surface area (Å²) in [5.74, 6) is 0.297. The molecule has 1 atom stereocenters. The molecule has 25 heavy (non-hydrogen) atoms. The van der Waals surface area contributed by atoms with Crippen molar-refractivity contribution in [3.63, 3.8) is 0 Å². The zero-order valence-electron chi connectivity index (χ0n) is 14.3. The Bertz CT molecular complexity index is 794. The first kappa shape index (κ1) is 16.9. The lowest BCUT2D eigenvalue weighted by Gasteiger charge is -2.22. The maximum Gasteiger partial charge on any atom is 0.270 e. The molecule has 0 aromatic carbocycles. The van der Waals surface area contributed by atoms with Gasteiger partial charge in [-0.3, -0.25) is 19.6 Å². The van der Waals surface area contributed by atoms with Crippen LogP contribution in [0.3, 0.4) is 0 Å². The van der Waals surface area contributed by atoms with E-state index in [1.807, 2.05) is 4.90 Å². The molecule has 1 saturated heterocycles. The SMILES string of the molecule is CC(=O)N1CCC[C@@H]1c1cncc(CNC(=O)c2ccnc(C)n2)n1. The first-order valence-electron chi connectivity index (χ1n) is 8.20. The molecule has 0 unspecified atom stereocenters. The van der Waals surface area contributed by atoms with Crippen LogP contribution in [0, 0.1) is 6.92 Å². The average Bonchev–Trinajstić information content (AvgIpc) is 3.10. The first-order chi connectivity index (χ1) is 12.0. The fourth-order valence-electron chi connectivity index (χ4n) is 2.96. The number of rotatable bonds is 4. The highest BCUT2D eigenvalue weighted by molar-refractivity contribution is 5.92. The number of hydrogen-bond donors (Lipinski definition) is 1. The van der Waals surface area contributed by atoms with Gasteiger partial charge in [-0.1, -0.05) is 0 Å². The topological polar surface area (TPSA) is 101 Å². The maximum atomic E-state index is 12.2. The van der Waals surface area contributed by atoms with E-state index in [1.54, 1.807) is 38.5 Å². The number of nitrogens with one attached hydrogen (secondary N) is 1. The second-order valence-corrected chi connectivity index (χ2v) is 5.98. The number of hydrogen-bond acceptors (Lipinski definition) is 6. The predicted molar refractivity (Wildman–Crippen MR) is 89.3 cm³/mol. The van der Waals surface area contributed by atoms with Crippen LogP contribution in [0.2, 0.25) is 0 Å². The molecule has 0 aliphatic carbocycles. The highest BCUT2D eigenvalue weighted by Crippen LogP contribution is 2.30. The van der Waals surface area contributed by atoms with E-state index in [1.165, 1.54) is 0 Å². The minimum absolute atomic E-state index is 0.0369. The molecule has 0 radical (unpaired) electrons. The van der Waals surface area contributed by atoms with Crippen molar-refractivity contribution in [2.75, 3.05) is 6.54 Å². The molecule has 1 aliphatic rings. The highest BCUT2D eigenvalue weighted by Gasteiger charge is 2.29. The molecule has 2 amide bonds. The minimum Gasteiger partial charge on any atom is -0.345 e. The average molecular weight is 340 g/mol. The van der Waals surface area contributed by atoms with Crippen LogP contribution in [0.4, 0.5) is 0 Å². The molecule has 8 nitrogen and oxygen atoms in total. The van der Waals surface area contributed by atoms with E-state index in [-0.39, 0.29) is 24.4 Å². The van der Waals surface area contributed by atoms with Gasteiger partial charge in [0, 0.05) is 19.7 Å². The largest absolute Gasteiger partial charge is 0.345 e. The van der Waals surface area contributed by atoms with Gasteiger partial charge in [-0.15, -0.1) is 0 Å². The van der Waals surface area contributed by atoms with Crippen LogP contribution < -0.4 is 5.32 Å². The van der Waals surface area contributed by atoms with Crippen molar-refractivity contribution in [2.24, 2.45) is 0 Å². The van der Waals surface area contributed by atoms with Crippen LogP contribution in [-0.2, 0) is 11.3 Å². The highest BCUT2D eigenvalue weighted by atomic mass is 16.2. The van der Waals surface area contributed by atoms with Crippen molar-refractivity contribution in [3.05, 3.63) is 47.6 Å². The molecule has 130 valence electrons. The lowest BCUT2D eigenvalue weighted by atomic mass is 10.1. The Hall–Kier alpha value is -2.90. The monoisotopic (exact) mass is 340 g/mol. The summed E-state index contributed by atoms with van der Waals surface area (Å²) in [5.41, 5.74) is 1.72. The normalized spacial score (nSPS) is 16.7. The fourth-order valence-corrected chi connectivity index (χ4v) is 2.96. The predicted octanol–water partition coefficient (Wildman–Crippen LogP) is 1.19. The zero-order chi connectivity index (χ0) is 17.8. The van der Waals surface area contributed by atoms with Gasteiger partial charge in [0.15, 0.2) is 0 Å². The molecule has 1 N–H and O–H groups in total. The third-order valence-electron chi connectivity index (χ3n) is 4.14. The van der Waals surface area contributed by atoms with Crippen molar-refractivity contribution in [2.45, 2.75) is 39.3 Å². The number of carbonyl (C=O) groups is 2. The Morgan fingerprint density at radius 1 is 1.32 bits per heavy atom. The second-order valence-electron chi connectivity index (χ2n) is 5.98. The number of nitrogens with zero attached hydrogens (tertiary/aromatic N) is 5. The molecule has 3 heterocycles. The summed E-state index contributed by atoms with van der Waals surface area (Å²) in [7, 11) is 0. The summed E-state index contributed by atoms with van der Waals surface area (Å²) in [4.78, 5) is 42.5. The molecular formula is C17H20N6O2. The molecule has 1 fully saturated rings. The standard InChI is InChI=1S/C17H20N6O2/c1-11-19-6-5-14(21-11)17(25)20-9-13-8-18-10-15(22-13)16-4-3-7-23(16)12(2)24/h5-6,8,10,16H,3-4,7,9H2,1-2H3,(H,20,25)/t16-/m1/s1. The minimum atomic E-state index is -0.288. The van der Waals surface area contributed by atoms with Crippen molar-refractivity contribution in [3.8, 4) is 0 Å². The van der Waals surface area contributed by atoms with Crippen molar-refractivity contribution in [1.29, 1.82) is 0 Å². The van der Waals surface area contributed by atoms with Gasteiger partial charge in [0.2, 0.25) is 5.91 Å². The summed E-state index contributed by atoms with van der Waals surface area (Å²) in [5, 5.41) is 2.78. The van der Waals surface area contributed by atoms with Gasteiger partial charge in [0.1, 0.15) is 11.5 Å². The van der Waals surface area contributed by atoms with E-state index >= 15 is 0 Å². The second kappa shape index (κ2) is 7.33. The van der Waals surface area contributed by atoms with Gasteiger partial charge < -0.3 is 10.2 Å². The lowest BCUT2D eigenvalue weighted by molar-refractivity contribution is -0.129.